The number of rotatable bonds is 4. The number of piperidine rings is 1. The molecule has 2 nitrogen and oxygen atoms in total. The smallest absolute Gasteiger partial charge is 0.0939 e. The zero-order valence-corrected chi connectivity index (χ0v) is 13.3. The fourth-order valence-corrected chi connectivity index (χ4v) is 4.41. The van der Waals surface area contributed by atoms with Crippen LogP contribution >= 0.6 is 0 Å². The van der Waals surface area contributed by atoms with E-state index in [0.717, 1.165) is 12.0 Å². The summed E-state index contributed by atoms with van der Waals surface area (Å²) in [5.41, 5.74) is 0.504. The molecule has 21 heavy (non-hydrogen) atoms. The molecule has 2 atom stereocenters. The lowest BCUT2D eigenvalue weighted by atomic mass is 9.74. The van der Waals surface area contributed by atoms with Crippen molar-refractivity contribution in [3.63, 3.8) is 0 Å². The van der Waals surface area contributed by atoms with Crippen LogP contribution in [0.3, 0.4) is 0 Å². The lowest BCUT2D eigenvalue weighted by Crippen LogP contribution is -2.45. The van der Waals surface area contributed by atoms with Gasteiger partial charge in [-0.3, -0.25) is 0 Å². The summed E-state index contributed by atoms with van der Waals surface area (Å²) in [4.78, 5) is 2.46. The Morgan fingerprint density at radius 2 is 1.71 bits per heavy atom. The molecule has 1 heterocycles. The number of hydrogen-bond acceptors (Lipinski definition) is 2. The monoisotopic (exact) mass is 287 g/mol. The lowest BCUT2D eigenvalue weighted by Gasteiger charge is -2.42. The van der Waals surface area contributed by atoms with Crippen molar-refractivity contribution in [3.8, 4) is 0 Å². The normalized spacial score (nSPS) is 27.6. The molecule has 1 aliphatic carbocycles. The molecule has 1 aromatic carbocycles. The number of likely N-dealkylation sites (tertiary alicyclic amines) is 1. The van der Waals surface area contributed by atoms with Crippen molar-refractivity contribution >= 4 is 0 Å². The first-order valence-corrected chi connectivity index (χ1v) is 8.68. The standard InChI is InChI=1S/C19H29NO/c1-20-14-8-7-13-18(20)15-19(21,17-11-5-6-12-17)16-9-3-2-4-10-16/h2-4,9-10,17-18,21H,5-8,11-15H2,1H3. The van der Waals surface area contributed by atoms with Crippen LogP contribution < -0.4 is 0 Å². The van der Waals surface area contributed by atoms with Crippen LogP contribution in [0, 0.1) is 5.92 Å². The minimum absolute atomic E-state index is 0.440. The van der Waals surface area contributed by atoms with Gasteiger partial charge in [0, 0.05) is 6.04 Å². The van der Waals surface area contributed by atoms with E-state index in [4.69, 9.17) is 0 Å². The molecule has 0 aromatic heterocycles. The molecular formula is C19H29NO. The highest BCUT2D eigenvalue weighted by molar-refractivity contribution is 5.24. The van der Waals surface area contributed by atoms with Gasteiger partial charge in [-0.1, -0.05) is 49.6 Å². The number of aliphatic hydroxyl groups is 1. The maximum atomic E-state index is 11.6. The van der Waals surface area contributed by atoms with E-state index in [0.29, 0.717) is 12.0 Å². The van der Waals surface area contributed by atoms with Gasteiger partial charge in [0.2, 0.25) is 0 Å². The molecule has 116 valence electrons. The average molecular weight is 287 g/mol. The van der Waals surface area contributed by atoms with Crippen LogP contribution in [0.25, 0.3) is 0 Å². The van der Waals surface area contributed by atoms with E-state index < -0.39 is 5.60 Å². The van der Waals surface area contributed by atoms with E-state index in [9.17, 15) is 5.11 Å². The Morgan fingerprint density at radius 1 is 1.05 bits per heavy atom. The Labute approximate surface area is 129 Å². The molecule has 0 spiro atoms. The van der Waals surface area contributed by atoms with Crippen molar-refractivity contribution in [1.29, 1.82) is 0 Å². The molecule has 1 aliphatic heterocycles. The quantitative estimate of drug-likeness (QED) is 0.906. The van der Waals surface area contributed by atoms with Crippen molar-refractivity contribution < 1.29 is 5.11 Å². The van der Waals surface area contributed by atoms with Crippen LogP contribution in [-0.2, 0) is 5.60 Å². The molecule has 2 fully saturated rings. The number of benzene rings is 1. The third kappa shape index (κ3) is 3.17. The van der Waals surface area contributed by atoms with Gasteiger partial charge in [0.25, 0.3) is 0 Å². The van der Waals surface area contributed by atoms with Gasteiger partial charge in [-0.15, -0.1) is 0 Å². The van der Waals surface area contributed by atoms with E-state index >= 15 is 0 Å². The SMILES string of the molecule is CN1CCCCC1CC(O)(c1ccccc1)C1CCCC1. The fraction of sp³-hybridized carbons (Fsp3) is 0.684. The van der Waals surface area contributed by atoms with Crippen LogP contribution in [0.15, 0.2) is 30.3 Å². The van der Waals surface area contributed by atoms with Gasteiger partial charge in [-0.05, 0) is 57.2 Å². The summed E-state index contributed by atoms with van der Waals surface area (Å²) in [6.45, 7) is 1.18. The maximum Gasteiger partial charge on any atom is 0.0939 e. The second kappa shape index (κ2) is 6.50. The number of hydrogen-bond donors (Lipinski definition) is 1. The van der Waals surface area contributed by atoms with Crippen molar-refractivity contribution in [2.45, 2.75) is 63.0 Å². The van der Waals surface area contributed by atoms with Crippen molar-refractivity contribution in [2.24, 2.45) is 5.92 Å². The summed E-state index contributed by atoms with van der Waals surface area (Å²) >= 11 is 0. The molecule has 0 radical (unpaired) electrons. The van der Waals surface area contributed by atoms with Crippen LogP contribution in [0.4, 0.5) is 0 Å². The third-order valence-corrected chi connectivity index (χ3v) is 5.77. The maximum absolute atomic E-state index is 11.6. The molecule has 2 heteroatoms. The molecule has 1 saturated heterocycles. The second-order valence-corrected chi connectivity index (χ2v) is 7.11. The van der Waals surface area contributed by atoms with Gasteiger partial charge in [-0.2, -0.15) is 0 Å². The molecule has 3 rings (SSSR count). The summed E-state index contributed by atoms with van der Waals surface area (Å²) in [6, 6.07) is 11.0. The van der Waals surface area contributed by atoms with E-state index in [1.807, 2.05) is 6.07 Å². The van der Waals surface area contributed by atoms with Gasteiger partial charge in [0.05, 0.1) is 5.60 Å². The largest absolute Gasteiger partial charge is 0.385 e. The van der Waals surface area contributed by atoms with Crippen molar-refractivity contribution in [2.75, 3.05) is 13.6 Å². The molecule has 0 bridgehead atoms. The van der Waals surface area contributed by atoms with E-state index in [1.165, 1.54) is 51.5 Å². The Hall–Kier alpha value is -0.860. The van der Waals surface area contributed by atoms with Crippen LogP contribution in [0.5, 0.6) is 0 Å². The summed E-state index contributed by atoms with van der Waals surface area (Å²) in [5, 5.41) is 11.6. The highest BCUT2D eigenvalue weighted by Gasteiger charge is 2.42. The molecule has 2 aliphatic rings. The highest BCUT2D eigenvalue weighted by atomic mass is 16.3. The van der Waals surface area contributed by atoms with Gasteiger partial charge in [0.1, 0.15) is 0 Å². The number of nitrogens with zero attached hydrogens (tertiary/aromatic N) is 1. The molecule has 0 amide bonds. The van der Waals surface area contributed by atoms with Crippen LogP contribution in [0.2, 0.25) is 0 Å². The zero-order chi connectivity index (χ0) is 14.7. The Kier molecular flexibility index (Phi) is 4.66. The predicted octanol–water partition coefficient (Wildman–Crippen LogP) is 3.94. The van der Waals surface area contributed by atoms with Crippen molar-refractivity contribution in [3.05, 3.63) is 35.9 Å². The van der Waals surface area contributed by atoms with Crippen LogP contribution in [0.1, 0.15) is 56.9 Å². The summed E-state index contributed by atoms with van der Waals surface area (Å²) in [7, 11) is 2.23. The van der Waals surface area contributed by atoms with Crippen molar-refractivity contribution in [1.82, 2.24) is 4.90 Å². The topological polar surface area (TPSA) is 23.5 Å². The van der Waals surface area contributed by atoms with E-state index in [-0.39, 0.29) is 0 Å². The Morgan fingerprint density at radius 3 is 2.38 bits per heavy atom. The fourth-order valence-electron chi connectivity index (χ4n) is 4.41. The van der Waals surface area contributed by atoms with Gasteiger partial charge >= 0.3 is 0 Å². The van der Waals surface area contributed by atoms with Gasteiger partial charge < -0.3 is 10.0 Å². The first kappa shape index (κ1) is 15.1. The highest BCUT2D eigenvalue weighted by Crippen LogP contribution is 2.44. The first-order valence-electron chi connectivity index (χ1n) is 8.68. The minimum Gasteiger partial charge on any atom is -0.385 e. The third-order valence-electron chi connectivity index (χ3n) is 5.77. The van der Waals surface area contributed by atoms with Gasteiger partial charge in [-0.25, -0.2) is 0 Å². The van der Waals surface area contributed by atoms with E-state index in [1.54, 1.807) is 0 Å². The molecule has 2 unspecified atom stereocenters. The Balaban J connectivity index is 1.85. The minimum atomic E-state index is -0.631. The second-order valence-electron chi connectivity index (χ2n) is 7.11. The van der Waals surface area contributed by atoms with Crippen LogP contribution in [-0.4, -0.2) is 29.6 Å². The molecule has 1 aromatic rings. The predicted molar refractivity (Wildman–Crippen MR) is 87.2 cm³/mol. The van der Waals surface area contributed by atoms with Gasteiger partial charge in [0.15, 0.2) is 0 Å². The molecule has 1 N–H and O–H groups in total. The summed E-state index contributed by atoms with van der Waals surface area (Å²) < 4.78 is 0. The first-order chi connectivity index (χ1) is 10.2. The summed E-state index contributed by atoms with van der Waals surface area (Å²) in [5.74, 6) is 0.440. The lowest BCUT2D eigenvalue weighted by molar-refractivity contribution is -0.0534. The Bertz CT molecular complexity index is 440. The zero-order valence-electron chi connectivity index (χ0n) is 13.3. The molecular weight excluding hydrogens is 258 g/mol. The summed E-state index contributed by atoms with van der Waals surface area (Å²) in [6.07, 6.45) is 9.67. The van der Waals surface area contributed by atoms with E-state index in [2.05, 4.69) is 36.2 Å². The average Bonchev–Trinajstić information content (AvgIpc) is 3.05. The molecule has 1 saturated carbocycles.